The van der Waals surface area contributed by atoms with Crippen LogP contribution in [0, 0.1) is 3.57 Å². The van der Waals surface area contributed by atoms with E-state index in [2.05, 4.69) is 39.0 Å². The first-order valence-electron chi connectivity index (χ1n) is 13.6. The van der Waals surface area contributed by atoms with Gasteiger partial charge >= 0.3 is 0 Å². The van der Waals surface area contributed by atoms with Gasteiger partial charge < -0.3 is 34.9 Å². The number of aliphatic hydroxyl groups excluding tert-OH is 2. The summed E-state index contributed by atoms with van der Waals surface area (Å²) in [5, 5.41) is 24.7. The van der Waals surface area contributed by atoms with Crippen molar-refractivity contribution in [3.8, 4) is 5.75 Å². The van der Waals surface area contributed by atoms with Crippen molar-refractivity contribution in [2.45, 2.75) is 50.0 Å². The summed E-state index contributed by atoms with van der Waals surface area (Å²) in [6, 6.07) is 16.8. The van der Waals surface area contributed by atoms with Crippen LogP contribution in [0.1, 0.15) is 25.0 Å². The fourth-order valence-corrected chi connectivity index (χ4v) is 5.89. The third-order valence-electron chi connectivity index (χ3n) is 7.41. The molecule has 9 nitrogen and oxygen atoms in total. The maximum atomic E-state index is 13.8. The lowest BCUT2D eigenvalue weighted by molar-refractivity contribution is -0.148. The van der Waals surface area contributed by atoms with Crippen molar-refractivity contribution in [3.63, 3.8) is 0 Å². The number of benzene rings is 2. The number of nitrogens with zero attached hydrogens (tertiary/aromatic N) is 1. The molecule has 1 aliphatic carbocycles. The second kappa shape index (κ2) is 13.2. The summed E-state index contributed by atoms with van der Waals surface area (Å²) in [4.78, 5) is 32.0. The summed E-state index contributed by atoms with van der Waals surface area (Å²) in [5.41, 5.74) is 2.39. The number of carbonyl (C=O) groups excluding carboxylic acids is 2. The quantitative estimate of drug-likeness (QED) is 0.249. The van der Waals surface area contributed by atoms with Crippen molar-refractivity contribution >= 4 is 45.3 Å². The Balaban J connectivity index is 1.44. The Morgan fingerprint density at radius 1 is 1.18 bits per heavy atom. The standard InChI is InChI=1S/C30H34IN3O6/c31-22-7-2-4-9-25(22)40-27-18-20(29(37)32-12-14-35)17-24(28(27)36)34(30(38)26-10-5-15-39-26)13-11-21-16-19-6-1-3-8-23(19)33-21/h1-4,6-9,16,18,24,26-28,33,35-36H,5,10-15,17H2,(H,32,37). The zero-order valence-corrected chi connectivity index (χ0v) is 24.2. The van der Waals surface area contributed by atoms with E-state index in [-0.39, 0.29) is 31.4 Å². The summed E-state index contributed by atoms with van der Waals surface area (Å²) >= 11 is 2.16. The number of aliphatic hydroxyl groups is 2. The second-order valence-electron chi connectivity index (χ2n) is 10.1. The summed E-state index contributed by atoms with van der Waals surface area (Å²) in [6.07, 6.45) is 1.20. The minimum Gasteiger partial charge on any atom is -0.482 e. The van der Waals surface area contributed by atoms with Crippen molar-refractivity contribution in [3.05, 3.63) is 75.5 Å². The minimum absolute atomic E-state index is 0.102. The van der Waals surface area contributed by atoms with Gasteiger partial charge in [0.05, 0.1) is 16.2 Å². The Kier molecular flexibility index (Phi) is 9.40. The Labute approximate surface area is 246 Å². The largest absolute Gasteiger partial charge is 0.482 e. The molecule has 4 N–H and O–H groups in total. The molecule has 1 saturated heterocycles. The summed E-state index contributed by atoms with van der Waals surface area (Å²) in [5.74, 6) is 0.0272. The number of aromatic nitrogens is 1. The van der Waals surface area contributed by atoms with E-state index < -0.39 is 24.4 Å². The van der Waals surface area contributed by atoms with Gasteiger partial charge in [-0.05, 0) is 71.2 Å². The van der Waals surface area contributed by atoms with Gasteiger partial charge in [-0.25, -0.2) is 0 Å². The molecule has 0 bridgehead atoms. The monoisotopic (exact) mass is 659 g/mol. The van der Waals surface area contributed by atoms with E-state index in [0.717, 1.165) is 26.6 Å². The lowest BCUT2D eigenvalue weighted by atomic mass is 9.87. The van der Waals surface area contributed by atoms with Gasteiger partial charge in [-0.3, -0.25) is 9.59 Å². The smallest absolute Gasteiger partial charge is 0.252 e. The number of rotatable bonds is 10. The number of ether oxygens (including phenoxy) is 2. The molecular formula is C30H34IN3O6. The molecule has 0 radical (unpaired) electrons. The first kappa shape index (κ1) is 28.6. The summed E-state index contributed by atoms with van der Waals surface area (Å²) < 4.78 is 12.8. The Hall–Kier alpha value is -2.93. The Morgan fingerprint density at radius 3 is 2.73 bits per heavy atom. The number of halogens is 1. The number of amides is 2. The molecule has 0 saturated carbocycles. The third-order valence-corrected chi connectivity index (χ3v) is 8.30. The lowest BCUT2D eigenvalue weighted by Gasteiger charge is -2.41. The third kappa shape index (κ3) is 6.51. The second-order valence-corrected chi connectivity index (χ2v) is 11.3. The van der Waals surface area contributed by atoms with E-state index >= 15 is 0 Å². The van der Waals surface area contributed by atoms with Crippen LogP contribution >= 0.6 is 22.6 Å². The fourth-order valence-electron chi connectivity index (χ4n) is 5.37. The van der Waals surface area contributed by atoms with Crippen molar-refractivity contribution in [1.29, 1.82) is 0 Å². The number of nitrogens with one attached hydrogen (secondary N) is 2. The maximum absolute atomic E-state index is 13.8. The van der Waals surface area contributed by atoms with E-state index in [9.17, 15) is 19.8 Å². The van der Waals surface area contributed by atoms with Crippen molar-refractivity contribution in [1.82, 2.24) is 15.2 Å². The molecule has 2 heterocycles. The molecule has 2 aromatic carbocycles. The molecule has 2 amide bonds. The van der Waals surface area contributed by atoms with Gasteiger partial charge in [-0.1, -0.05) is 30.3 Å². The predicted molar refractivity (Wildman–Crippen MR) is 159 cm³/mol. The van der Waals surface area contributed by atoms with Gasteiger partial charge in [0.2, 0.25) is 5.91 Å². The molecule has 0 spiro atoms. The normalized spacial score (nSPS) is 22.6. The molecule has 212 valence electrons. The van der Waals surface area contributed by atoms with Crippen molar-refractivity contribution in [2.75, 3.05) is 26.3 Å². The summed E-state index contributed by atoms with van der Waals surface area (Å²) in [7, 11) is 0. The highest BCUT2D eigenvalue weighted by atomic mass is 127. The molecular weight excluding hydrogens is 625 g/mol. The molecule has 2 aliphatic rings. The van der Waals surface area contributed by atoms with Crippen LogP contribution in [0.2, 0.25) is 0 Å². The molecule has 1 fully saturated rings. The predicted octanol–water partition coefficient (Wildman–Crippen LogP) is 2.94. The van der Waals surface area contributed by atoms with Crippen LogP contribution in [0.3, 0.4) is 0 Å². The van der Waals surface area contributed by atoms with Gasteiger partial charge in [0, 0.05) is 49.3 Å². The van der Waals surface area contributed by atoms with E-state index in [4.69, 9.17) is 9.47 Å². The van der Waals surface area contributed by atoms with Crippen LogP contribution in [0.5, 0.6) is 5.75 Å². The first-order chi connectivity index (χ1) is 19.4. The van der Waals surface area contributed by atoms with Gasteiger partial charge in [0.25, 0.3) is 5.91 Å². The molecule has 4 unspecified atom stereocenters. The van der Waals surface area contributed by atoms with Crippen LogP contribution in [0.4, 0.5) is 0 Å². The van der Waals surface area contributed by atoms with Gasteiger partial charge in [0.15, 0.2) is 0 Å². The van der Waals surface area contributed by atoms with Crippen LogP contribution in [0.15, 0.2) is 66.2 Å². The van der Waals surface area contributed by atoms with Crippen molar-refractivity contribution < 1.29 is 29.3 Å². The molecule has 10 heteroatoms. The topological polar surface area (TPSA) is 124 Å². The highest BCUT2D eigenvalue weighted by molar-refractivity contribution is 14.1. The maximum Gasteiger partial charge on any atom is 0.252 e. The van der Waals surface area contributed by atoms with E-state index in [0.29, 0.717) is 37.3 Å². The van der Waals surface area contributed by atoms with Crippen LogP contribution < -0.4 is 10.1 Å². The van der Waals surface area contributed by atoms with Crippen LogP contribution in [-0.2, 0) is 20.7 Å². The Morgan fingerprint density at radius 2 is 1.98 bits per heavy atom. The van der Waals surface area contributed by atoms with E-state index in [1.165, 1.54) is 0 Å². The number of hydrogen-bond acceptors (Lipinski definition) is 6. The van der Waals surface area contributed by atoms with Crippen LogP contribution in [-0.4, -0.2) is 82.6 Å². The highest BCUT2D eigenvalue weighted by Crippen LogP contribution is 2.31. The minimum atomic E-state index is -1.08. The number of para-hydroxylation sites is 2. The zero-order chi connectivity index (χ0) is 28.1. The molecule has 5 rings (SSSR count). The van der Waals surface area contributed by atoms with E-state index in [1.807, 2.05) is 48.5 Å². The lowest BCUT2D eigenvalue weighted by Crippen LogP contribution is -2.57. The molecule has 3 aromatic rings. The number of fused-ring (bicyclic) bond motifs is 1. The number of H-pyrrole nitrogens is 1. The van der Waals surface area contributed by atoms with Crippen LogP contribution in [0.25, 0.3) is 10.9 Å². The SMILES string of the molecule is O=C(NCCO)C1=CC(Oc2ccccc2I)C(O)C(N(CCc2cc3ccccc3[nH]2)C(=O)C2CCCO2)C1. The average Bonchev–Trinajstić information content (AvgIpc) is 3.65. The van der Waals surface area contributed by atoms with E-state index in [1.54, 1.807) is 11.0 Å². The number of carbonyl (C=O) groups is 2. The number of aromatic amines is 1. The molecule has 40 heavy (non-hydrogen) atoms. The van der Waals surface area contributed by atoms with Crippen molar-refractivity contribution in [2.24, 2.45) is 0 Å². The van der Waals surface area contributed by atoms with Gasteiger partial charge in [-0.2, -0.15) is 0 Å². The summed E-state index contributed by atoms with van der Waals surface area (Å²) in [6.45, 7) is 0.756. The Bertz CT molecular complexity index is 1340. The number of hydrogen-bond donors (Lipinski definition) is 4. The molecule has 1 aromatic heterocycles. The molecule has 1 aliphatic heterocycles. The van der Waals surface area contributed by atoms with Gasteiger partial charge in [0.1, 0.15) is 24.1 Å². The molecule has 4 atom stereocenters. The first-order valence-corrected chi connectivity index (χ1v) is 14.7. The highest BCUT2D eigenvalue weighted by Gasteiger charge is 2.42. The van der Waals surface area contributed by atoms with Gasteiger partial charge in [-0.15, -0.1) is 0 Å². The zero-order valence-electron chi connectivity index (χ0n) is 22.1. The fraction of sp³-hybridized carbons (Fsp3) is 0.400. The average molecular weight is 660 g/mol.